The summed E-state index contributed by atoms with van der Waals surface area (Å²) >= 11 is 6.19. The van der Waals surface area contributed by atoms with Crippen LogP contribution < -0.4 is 5.73 Å². The third-order valence-corrected chi connectivity index (χ3v) is 6.97. The summed E-state index contributed by atoms with van der Waals surface area (Å²) in [4.78, 5) is 39.8. The molecule has 0 aromatic heterocycles. The summed E-state index contributed by atoms with van der Waals surface area (Å²) in [7, 11) is 2.97. The predicted octanol–water partition coefficient (Wildman–Crippen LogP) is 0.530. The lowest BCUT2D eigenvalue weighted by Gasteiger charge is -2.51. The van der Waals surface area contributed by atoms with E-state index in [1.54, 1.807) is 0 Å². The minimum absolute atomic E-state index is 0. The second-order valence-electron chi connectivity index (χ2n) is 8.47. The fourth-order valence-corrected chi connectivity index (χ4v) is 5.51. The van der Waals surface area contributed by atoms with Crippen LogP contribution in [0.25, 0.3) is 5.76 Å². The van der Waals surface area contributed by atoms with E-state index in [1.807, 2.05) is 0 Å². The van der Waals surface area contributed by atoms with Gasteiger partial charge >= 0.3 is 0 Å². The molecule has 1 amide bonds. The summed E-state index contributed by atoms with van der Waals surface area (Å²) in [6.07, 6.45) is -1.70. The lowest BCUT2D eigenvalue weighted by Crippen LogP contribution is -2.66. The van der Waals surface area contributed by atoms with Crippen molar-refractivity contribution in [3.8, 4) is 5.75 Å². The molecule has 1 aromatic rings. The molecule has 3 aliphatic carbocycles. The largest absolute Gasteiger partial charge is 0.508 e. The number of hydrogen-bond donors (Lipinski definition) is 6. The number of nitrogens with zero attached hydrogens (tertiary/aromatic N) is 1. The van der Waals surface area contributed by atoms with Crippen molar-refractivity contribution in [3.63, 3.8) is 0 Å². The number of likely N-dealkylation sites (N-methyl/N-ethyl adjacent to an activating group) is 1. The Morgan fingerprint density at radius 1 is 1.21 bits per heavy atom. The van der Waals surface area contributed by atoms with Gasteiger partial charge in [0.25, 0.3) is 5.91 Å². The number of fused-ring (bicyclic) bond motifs is 3. The Morgan fingerprint density at radius 2 is 1.82 bits per heavy atom. The Hall–Kier alpha value is -2.63. The minimum Gasteiger partial charge on any atom is -0.508 e. The van der Waals surface area contributed by atoms with Gasteiger partial charge in [-0.2, -0.15) is 0 Å². The first kappa shape index (κ1) is 25.0. The van der Waals surface area contributed by atoms with Crippen LogP contribution >= 0.6 is 24.0 Å². The number of carbonyl (C=O) groups excluding carboxylic acids is 3. The number of carbonyl (C=O) groups is 3. The summed E-state index contributed by atoms with van der Waals surface area (Å²) in [5.41, 5.74) is 0.845. The van der Waals surface area contributed by atoms with Gasteiger partial charge in [0.1, 0.15) is 22.8 Å². The predicted molar refractivity (Wildman–Crippen MR) is 118 cm³/mol. The third-order valence-electron chi connectivity index (χ3n) is 6.64. The molecule has 10 nitrogen and oxygen atoms in total. The number of amides is 1. The molecule has 0 aliphatic heterocycles. The lowest BCUT2D eigenvalue weighted by atomic mass is 9.57. The summed E-state index contributed by atoms with van der Waals surface area (Å²) < 4.78 is 0. The van der Waals surface area contributed by atoms with Crippen LogP contribution in [0.2, 0.25) is 5.02 Å². The van der Waals surface area contributed by atoms with Crippen LogP contribution in [0.3, 0.4) is 0 Å². The van der Waals surface area contributed by atoms with Gasteiger partial charge in [-0.1, -0.05) is 11.6 Å². The SMILES string of the molecule is CN(C)[C@@H]1C(=O)C(C(N)=O)=C(O)[C@@]2(O)C(=O)C3=C(O)c4c(O)ccc(Cl)c4[C@@H](O)[C@H]3C[C@H]12.Cl. The molecule has 178 valence electrons. The average molecular weight is 501 g/mol. The van der Waals surface area contributed by atoms with Crippen molar-refractivity contribution in [1.29, 1.82) is 0 Å². The molecule has 3 aliphatic rings. The van der Waals surface area contributed by atoms with Gasteiger partial charge < -0.3 is 31.3 Å². The van der Waals surface area contributed by atoms with Crippen molar-refractivity contribution < 1.29 is 39.9 Å². The minimum atomic E-state index is -2.77. The molecule has 0 spiro atoms. The Balaban J connectivity index is 0.00000306. The van der Waals surface area contributed by atoms with Crippen LogP contribution in [0, 0.1) is 11.8 Å². The molecule has 0 saturated heterocycles. The van der Waals surface area contributed by atoms with E-state index in [9.17, 15) is 39.9 Å². The van der Waals surface area contributed by atoms with Crippen molar-refractivity contribution in [2.45, 2.75) is 24.2 Å². The first-order chi connectivity index (χ1) is 14.8. The molecule has 33 heavy (non-hydrogen) atoms. The van der Waals surface area contributed by atoms with Gasteiger partial charge in [-0.3, -0.25) is 19.3 Å². The molecular formula is C21H22Cl2N2O8. The van der Waals surface area contributed by atoms with Gasteiger partial charge in [0.15, 0.2) is 11.4 Å². The van der Waals surface area contributed by atoms with Crippen molar-refractivity contribution >= 4 is 47.2 Å². The standard InChI is InChI=1S/C21H21ClN2O8.ClH/c1-24(2)14-7-5-6-10(16(27)12-9(25)4-3-8(22)11(12)15(6)26)18(29)21(7,32)19(30)13(17(14)28)20(23)31;/h3-4,6-7,14-15,25-27,30,32H,5H2,1-2H3,(H2,23,31);1H/t6-,7+,14-,15-,21-;/m0./s1. The van der Waals surface area contributed by atoms with E-state index in [1.165, 1.54) is 31.1 Å². The number of ketones is 2. The summed E-state index contributed by atoms with van der Waals surface area (Å²) in [5.74, 6) is -8.19. The molecule has 12 heteroatoms. The van der Waals surface area contributed by atoms with E-state index >= 15 is 0 Å². The van der Waals surface area contributed by atoms with Gasteiger partial charge in [0.2, 0.25) is 5.78 Å². The molecular weight excluding hydrogens is 479 g/mol. The number of primary amides is 1. The number of rotatable bonds is 2. The number of benzene rings is 1. The highest BCUT2D eigenvalue weighted by Crippen LogP contribution is 2.56. The smallest absolute Gasteiger partial charge is 0.255 e. The maximum atomic E-state index is 13.6. The zero-order valence-electron chi connectivity index (χ0n) is 17.4. The molecule has 0 unspecified atom stereocenters. The highest BCUT2D eigenvalue weighted by atomic mass is 35.5. The second kappa shape index (κ2) is 8.00. The monoisotopic (exact) mass is 500 g/mol. The van der Waals surface area contributed by atoms with Crippen LogP contribution in [0.4, 0.5) is 0 Å². The molecule has 0 bridgehead atoms. The quantitative estimate of drug-likeness (QED) is 0.315. The van der Waals surface area contributed by atoms with E-state index in [-0.39, 0.29) is 35.0 Å². The Labute approximate surface area is 199 Å². The number of phenols is 1. The highest BCUT2D eigenvalue weighted by Gasteiger charge is 2.65. The number of aliphatic hydroxyl groups is 4. The van der Waals surface area contributed by atoms with Crippen molar-refractivity contribution in [1.82, 2.24) is 4.90 Å². The van der Waals surface area contributed by atoms with Gasteiger partial charge in [0, 0.05) is 28.0 Å². The Bertz CT molecular complexity index is 1160. The zero-order valence-corrected chi connectivity index (χ0v) is 19.0. The molecule has 0 radical (unpaired) electrons. The van der Waals surface area contributed by atoms with Crippen LogP contribution in [-0.4, -0.2) is 73.6 Å². The lowest BCUT2D eigenvalue weighted by molar-refractivity contribution is -0.155. The maximum absolute atomic E-state index is 13.6. The number of nitrogens with two attached hydrogens (primary N) is 1. The maximum Gasteiger partial charge on any atom is 0.255 e. The van der Waals surface area contributed by atoms with Gasteiger partial charge in [-0.25, -0.2) is 0 Å². The van der Waals surface area contributed by atoms with E-state index in [4.69, 9.17) is 17.3 Å². The fourth-order valence-electron chi connectivity index (χ4n) is 5.24. The van der Waals surface area contributed by atoms with Gasteiger partial charge in [0.05, 0.1) is 17.7 Å². The van der Waals surface area contributed by atoms with E-state index < -0.39 is 75.5 Å². The Morgan fingerprint density at radius 3 is 2.36 bits per heavy atom. The molecule has 4 rings (SSSR count). The highest BCUT2D eigenvalue weighted by molar-refractivity contribution is 6.32. The molecule has 5 atom stereocenters. The van der Waals surface area contributed by atoms with Gasteiger partial charge in [-0.15, -0.1) is 12.4 Å². The molecule has 1 aromatic carbocycles. The van der Waals surface area contributed by atoms with Crippen LogP contribution in [0.1, 0.15) is 23.7 Å². The number of aromatic hydroxyl groups is 1. The van der Waals surface area contributed by atoms with Crippen molar-refractivity contribution in [2.75, 3.05) is 14.1 Å². The Kier molecular flexibility index (Phi) is 6.06. The number of hydrogen-bond acceptors (Lipinski definition) is 9. The summed E-state index contributed by atoms with van der Waals surface area (Å²) in [6.45, 7) is 0. The first-order valence-corrected chi connectivity index (χ1v) is 10.1. The van der Waals surface area contributed by atoms with Crippen LogP contribution in [0.5, 0.6) is 5.75 Å². The third kappa shape index (κ3) is 3.09. The van der Waals surface area contributed by atoms with Crippen molar-refractivity contribution in [3.05, 3.63) is 45.2 Å². The average Bonchev–Trinajstić information content (AvgIpc) is 2.69. The summed E-state index contributed by atoms with van der Waals surface area (Å²) in [6, 6.07) is 1.25. The van der Waals surface area contributed by atoms with Gasteiger partial charge in [-0.05, 0) is 32.6 Å². The van der Waals surface area contributed by atoms with Crippen molar-refractivity contribution in [2.24, 2.45) is 17.6 Å². The van der Waals surface area contributed by atoms with Crippen LogP contribution in [0.15, 0.2) is 29.0 Å². The molecule has 0 heterocycles. The molecule has 7 N–H and O–H groups in total. The normalized spacial score (nSPS) is 31.1. The number of halogens is 2. The van der Waals surface area contributed by atoms with E-state index in [0.717, 1.165) is 0 Å². The van der Waals surface area contributed by atoms with E-state index in [0.29, 0.717) is 0 Å². The van der Waals surface area contributed by atoms with Crippen LogP contribution in [-0.2, 0) is 14.4 Å². The molecule has 1 saturated carbocycles. The number of Topliss-reactive ketones (excluding diaryl/α,β-unsaturated/α-hetero) is 2. The van der Waals surface area contributed by atoms with E-state index in [2.05, 4.69) is 0 Å². The fraction of sp³-hybridized carbons (Fsp3) is 0.381. The first-order valence-electron chi connectivity index (χ1n) is 9.69. The number of aliphatic hydroxyl groups excluding tert-OH is 3. The topological polar surface area (TPSA) is 182 Å². The second-order valence-corrected chi connectivity index (χ2v) is 8.87. The molecule has 1 fully saturated rings. The zero-order chi connectivity index (χ0) is 23.9. The summed E-state index contributed by atoms with van der Waals surface area (Å²) in [5, 5.41) is 54.4. The number of phenolic OH excluding ortho intramolecular Hbond substituents is 1.